The molecule has 0 spiro atoms. The molecule has 1 fully saturated rings. The summed E-state index contributed by atoms with van der Waals surface area (Å²) in [6, 6.07) is 14.8. The van der Waals surface area contributed by atoms with Gasteiger partial charge in [-0.2, -0.15) is 0 Å². The van der Waals surface area contributed by atoms with Crippen molar-refractivity contribution in [2.75, 3.05) is 19.7 Å². The molecule has 5 nitrogen and oxygen atoms in total. The minimum absolute atomic E-state index is 0.0396. The molecule has 1 aliphatic rings. The number of ether oxygens (including phenoxy) is 1. The van der Waals surface area contributed by atoms with Crippen molar-refractivity contribution < 1.29 is 13.9 Å². The zero-order valence-corrected chi connectivity index (χ0v) is 17.9. The van der Waals surface area contributed by atoms with E-state index < -0.39 is 0 Å². The number of aromatic nitrogens is 1. The summed E-state index contributed by atoms with van der Waals surface area (Å²) in [5.41, 5.74) is 1.07. The molecule has 0 bridgehead atoms. The predicted octanol–water partition coefficient (Wildman–Crippen LogP) is 5.36. The van der Waals surface area contributed by atoms with E-state index in [1.165, 1.54) is 0 Å². The van der Waals surface area contributed by atoms with Crippen LogP contribution in [0.5, 0.6) is 5.75 Å². The summed E-state index contributed by atoms with van der Waals surface area (Å²) in [6.07, 6.45) is 4.23. The van der Waals surface area contributed by atoms with Crippen molar-refractivity contribution >= 4 is 29.1 Å². The first-order chi connectivity index (χ1) is 14.6. The van der Waals surface area contributed by atoms with Gasteiger partial charge in [-0.25, -0.2) is 4.98 Å². The van der Waals surface area contributed by atoms with Crippen LogP contribution in [0.15, 0.2) is 59.1 Å². The maximum absolute atomic E-state index is 12.6. The molecule has 1 saturated heterocycles. The summed E-state index contributed by atoms with van der Waals surface area (Å²) in [7, 11) is 0. The van der Waals surface area contributed by atoms with E-state index in [1.807, 2.05) is 41.3 Å². The Morgan fingerprint density at radius 3 is 2.90 bits per heavy atom. The lowest BCUT2D eigenvalue weighted by Gasteiger charge is -2.31. The maximum Gasteiger partial charge on any atom is 0.260 e. The van der Waals surface area contributed by atoms with Crippen LogP contribution < -0.4 is 4.74 Å². The van der Waals surface area contributed by atoms with Crippen molar-refractivity contribution in [2.24, 2.45) is 0 Å². The fraction of sp³-hybridized carbons (Fsp3) is 0.304. The zero-order valence-electron chi connectivity index (χ0n) is 16.4. The second-order valence-corrected chi connectivity index (χ2v) is 8.21. The van der Waals surface area contributed by atoms with Crippen LogP contribution >= 0.6 is 23.2 Å². The number of rotatable bonds is 6. The molecule has 0 unspecified atom stereocenters. The van der Waals surface area contributed by atoms with Gasteiger partial charge in [0.1, 0.15) is 11.5 Å². The Bertz CT molecular complexity index is 1020. The molecule has 30 heavy (non-hydrogen) atoms. The van der Waals surface area contributed by atoms with Gasteiger partial charge in [0.05, 0.1) is 17.1 Å². The normalized spacial score (nSPS) is 16.5. The van der Waals surface area contributed by atoms with Gasteiger partial charge in [0.15, 0.2) is 12.5 Å². The van der Waals surface area contributed by atoms with E-state index in [4.69, 9.17) is 32.4 Å². The topological polar surface area (TPSA) is 55.6 Å². The summed E-state index contributed by atoms with van der Waals surface area (Å²) in [6.45, 7) is 1.24. The van der Waals surface area contributed by atoms with E-state index in [2.05, 4.69) is 4.98 Å². The molecule has 0 aliphatic carbocycles. The van der Waals surface area contributed by atoms with E-state index in [1.54, 1.807) is 18.3 Å². The number of amides is 1. The van der Waals surface area contributed by atoms with E-state index in [-0.39, 0.29) is 18.4 Å². The number of likely N-dealkylation sites (tertiary alicyclic amines) is 1. The minimum Gasteiger partial charge on any atom is -0.482 e. The molecular formula is C23H22Cl2N2O3. The van der Waals surface area contributed by atoms with E-state index in [0.717, 1.165) is 24.2 Å². The number of benzene rings is 2. The number of carbonyl (C=O) groups excluding carboxylic acids is 1. The first-order valence-corrected chi connectivity index (χ1v) is 10.7. The van der Waals surface area contributed by atoms with Crippen LogP contribution in [0.25, 0.3) is 0 Å². The molecule has 1 amide bonds. The van der Waals surface area contributed by atoms with Crippen LogP contribution in [0.1, 0.15) is 36.0 Å². The van der Waals surface area contributed by atoms with Gasteiger partial charge >= 0.3 is 0 Å². The Balaban J connectivity index is 1.35. The van der Waals surface area contributed by atoms with Crippen LogP contribution in [-0.4, -0.2) is 35.5 Å². The third kappa shape index (κ3) is 5.15. The standard InChI is InChI=1S/C23H22Cl2N2O3/c24-18-7-3-5-16(11-18)12-19-13-26-23(30-19)17-6-4-10-27(14-17)22(28)15-29-21-9-2-1-8-20(21)25/h1-3,5,7-9,11,13,17H,4,6,10,12,14-15H2/t17-/m0/s1. The Labute approximate surface area is 185 Å². The van der Waals surface area contributed by atoms with Crippen LogP contribution in [0.4, 0.5) is 0 Å². The SMILES string of the molecule is O=C(COc1ccccc1Cl)N1CCC[C@H](c2ncc(Cc3cccc(Cl)c3)o2)C1. The third-order valence-electron chi connectivity index (χ3n) is 5.15. The van der Waals surface area contributed by atoms with Gasteiger partial charge in [0.25, 0.3) is 5.91 Å². The number of oxazole rings is 1. The summed E-state index contributed by atoms with van der Waals surface area (Å²) in [5.74, 6) is 2.00. The summed E-state index contributed by atoms with van der Waals surface area (Å²) in [5, 5.41) is 1.20. The first-order valence-electron chi connectivity index (χ1n) is 9.92. The highest BCUT2D eigenvalue weighted by atomic mass is 35.5. The smallest absolute Gasteiger partial charge is 0.260 e. The quantitative estimate of drug-likeness (QED) is 0.513. The lowest BCUT2D eigenvalue weighted by atomic mass is 9.98. The van der Waals surface area contributed by atoms with Gasteiger partial charge in [-0.3, -0.25) is 4.79 Å². The Kier molecular flexibility index (Phi) is 6.60. The third-order valence-corrected chi connectivity index (χ3v) is 5.70. The highest BCUT2D eigenvalue weighted by Gasteiger charge is 2.28. The largest absolute Gasteiger partial charge is 0.482 e. The van der Waals surface area contributed by atoms with Gasteiger partial charge in [0, 0.05) is 24.5 Å². The van der Waals surface area contributed by atoms with Crippen molar-refractivity contribution in [2.45, 2.75) is 25.2 Å². The van der Waals surface area contributed by atoms with Crippen molar-refractivity contribution in [3.8, 4) is 5.75 Å². The minimum atomic E-state index is -0.0645. The van der Waals surface area contributed by atoms with Crippen molar-refractivity contribution in [1.29, 1.82) is 0 Å². The van der Waals surface area contributed by atoms with Crippen LogP contribution in [-0.2, 0) is 11.2 Å². The fourth-order valence-corrected chi connectivity index (χ4v) is 4.04. The van der Waals surface area contributed by atoms with Crippen LogP contribution in [0.3, 0.4) is 0 Å². The molecule has 2 heterocycles. The number of nitrogens with zero attached hydrogens (tertiary/aromatic N) is 2. The van der Waals surface area contributed by atoms with Gasteiger partial charge < -0.3 is 14.1 Å². The van der Waals surface area contributed by atoms with Crippen molar-refractivity contribution in [1.82, 2.24) is 9.88 Å². The number of carbonyl (C=O) groups is 1. The van der Waals surface area contributed by atoms with Gasteiger partial charge in [-0.1, -0.05) is 47.5 Å². The van der Waals surface area contributed by atoms with E-state index in [9.17, 15) is 4.79 Å². The number of halogens is 2. The molecule has 0 saturated carbocycles. The van der Waals surface area contributed by atoms with Gasteiger partial charge in [-0.05, 0) is 42.7 Å². The second kappa shape index (κ2) is 9.54. The molecule has 1 aromatic heterocycles. The number of hydrogen-bond donors (Lipinski definition) is 0. The molecule has 7 heteroatoms. The number of para-hydroxylation sites is 1. The fourth-order valence-electron chi connectivity index (χ4n) is 3.64. The highest BCUT2D eigenvalue weighted by molar-refractivity contribution is 6.32. The molecule has 2 aromatic carbocycles. The predicted molar refractivity (Wildman–Crippen MR) is 116 cm³/mol. The van der Waals surface area contributed by atoms with Crippen LogP contribution in [0.2, 0.25) is 10.0 Å². The average Bonchev–Trinajstić information content (AvgIpc) is 3.21. The summed E-state index contributed by atoms with van der Waals surface area (Å²) >= 11 is 12.1. The zero-order chi connectivity index (χ0) is 20.9. The molecule has 3 aromatic rings. The average molecular weight is 445 g/mol. The van der Waals surface area contributed by atoms with E-state index in [0.29, 0.717) is 41.2 Å². The second-order valence-electron chi connectivity index (χ2n) is 7.37. The summed E-state index contributed by atoms with van der Waals surface area (Å²) < 4.78 is 11.6. The van der Waals surface area contributed by atoms with Gasteiger partial charge in [-0.15, -0.1) is 0 Å². The van der Waals surface area contributed by atoms with Gasteiger partial charge in [0.2, 0.25) is 0 Å². The molecule has 4 rings (SSSR count). The number of piperidine rings is 1. The van der Waals surface area contributed by atoms with Crippen molar-refractivity contribution in [3.63, 3.8) is 0 Å². The molecule has 1 atom stereocenters. The Morgan fingerprint density at radius 1 is 1.20 bits per heavy atom. The van der Waals surface area contributed by atoms with Crippen LogP contribution in [0, 0.1) is 0 Å². The molecule has 1 aliphatic heterocycles. The Hall–Kier alpha value is -2.50. The molecular weight excluding hydrogens is 423 g/mol. The highest BCUT2D eigenvalue weighted by Crippen LogP contribution is 2.28. The number of hydrogen-bond acceptors (Lipinski definition) is 4. The lowest BCUT2D eigenvalue weighted by molar-refractivity contribution is -0.134. The monoisotopic (exact) mass is 444 g/mol. The lowest BCUT2D eigenvalue weighted by Crippen LogP contribution is -2.41. The first kappa shape index (κ1) is 20.8. The maximum atomic E-state index is 12.6. The Morgan fingerprint density at radius 2 is 2.07 bits per heavy atom. The molecule has 0 N–H and O–H groups in total. The van der Waals surface area contributed by atoms with E-state index >= 15 is 0 Å². The summed E-state index contributed by atoms with van der Waals surface area (Å²) in [4.78, 5) is 18.9. The van der Waals surface area contributed by atoms with Crippen molar-refractivity contribution in [3.05, 3.63) is 82.0 Å². The molecule has 156 valence electrons. The molecule has 0 radical (unpaired) electrons.